The van der Waals surface area contributed by atoms with Crippen LogP contribution < -0.4 is 5.32 Å². The van der Waals surface area contributed by atoms with Crippen molar-refractivity contribution in [3.05, 3.63) is 48.6 Å². The van der Waals surface area contributed by atoms with Crippen LogP contribution in [0.15, 0.2) is 48.6 Å². The monoisotopic (exact) mass is 1050 g/mol. The summed E-state index contributed by atoms with van der Waals surface area (Å²) >= 11 is 0. The molecule has 0 rings (SSSR count). The summed E-state index contributed by atoms with van der Waals surface area (Å²) in [4.78, 5) is 24.6. The molecule has 6 nitrogen and oxygen atoms in total. The van der Waals surface area contributed by atoms with Crippen molar-refractivity contribution in [3.8, 4) is 0 Å². The van der Waals surface area contributed by atoms with Crippen LogP contribution in [0.4, 0.5) is 0 Å². The lowest BCUT2D eigenvalue weighted by molar-refractivity contribution is -0.143. The van der Waals surface area contributed by atoms with Crippen LogP contribution >= 0.6 is 0 Å². The molecule has 440 valence electrons. The molecule has 0 aliphatic rings. The van der Waals surface area contributed by atoms with E-state index in [2.05, 4.69) is 55.6 Å². The number of esters is 1. The first-order valence-corrected chi connectivity index (χ1v) is 33.4. The van der Waals surface area contributed by atoms with Crippen molar-refractivity contribution in [2.75, 3.05) is 13.2 Å². The highest BCUT2D eigenvalue weighted by molar-refractivity contribution is 5.76. The maximum Gasteiger partial charge on any atom is 0.305 e. The topological polar surface area (TPSA) is 95.9 Å². The van der Waals surface area contributed by atoms with Gasteiger partial charge in [-0.1, -0.05) is 300 Å². The van der Waals surface area contributed by atoms with Crippen LogP contribution in [0.25, 0.3) is 0 Å². The highest BCUT2D eigenvalue weighted by Gasteiger charge is 2.18. The van der Waals surface area contributed by atoms with Gasteiger partial charge in [-0.2, -0.15) is 0 Å². The molecule has 3 N–H and O–H groups in total. The van der Waals surface area contributed by atoms with Gasteiger partial charge < -0.3 is 20.3 Å². The SMILES string of the molecule is CCCCCC/C=C\C/C=C\CCCCCCCC(=O)OCCCCCCCCCCCC/C=C\CCCCCCCCCC(=O)NC(CO)C(O)/C=C/CCCCCCCCCCCCCCCCCCCCC. The average molecular weight is 1050 g/mol. The first-order valence-electron chi connectivity index (χ1n) is 33.4. The third-order valence-corrected chi connectivity index (χ3v) is 15.3. The quantitative estimate of drug-likeness (QED) is 0.0320. The van der Waals surface area contributed by atoms with E-state index in [1.807, 2.05) is 6.08 Å². The molecule has 0 aliphatic carbocycles. The van der Waals surface area contributed by atoms with E-state index in [1.54, 1.807) is 6.08 Å². The van der Waals surface area contributed by atoms with Crippen molar-refractivity contribution < 1.29 is 24.5 Å². The zero-order valence-corrected chi connectivity index (χ0v) is 50.3. The van der Waals surface area contributed by atoms with Crippen molar-refractivity contribution in [2.24, 2.45) is 0 Å². The number of carbonyl (C=O) groups is 2. The smallest absolute Gasteiger partial charge is 0.305 e. The van der Waals surface area contributed by atoms with E-state index in [1.165, 1.54) is 270 Å². The third kappa shape index (κ3) is 60.9. The largest absolute Gasteiger partial charge is 0.466 e. The number of hydrogen-bond acceptors (Lipinski definition) is 5. The number of aliphatic hydroxyl groups excluding tert-OH is 2. The molecular formula is C69H129NO5. The number of carbonyl (C=O) groups excluding carboxylic acids is 2. The Hall–Kier alpha value is -2.18. The van der Waals surface area contributed by atoms with Crippen LogP contribution in [0.1, 0.15) is 354 Å². The summed E-state index contributed by atoms with van der Waals surface area (Å²) in [5, 5.41) is 23.2. The number of unbranched alkanes of at least 4 members (excludes halogenated alkanes) is 45. The van der Waals surface area contributed by atoms with E-state index in [4.69, 9.17) is 4.74 Å². The average Bonchev–Trinajstić information content (AvgIpc) is 3.41. The lowest BCUT2D eigenvalue weighted by Crippen LogP contribution is -2.45. The Morgan fingerprint density at radius 3 is 1.04 bits per heavy atom. The van der Waals surface area contributed by atoms with E-state index in [0.717, 1.165) is 57.8 Å². The Kier molecular flexibility index (Phi) is 62.5. The first kappa shape index (κ1) is 72.8. The van der Waals surface area contributed by atoms with Crippen LogP contribution in [0.2, 0.25) is 0 Å². The highest BCUT2D eigenvalue weighted by Crippen LogP contribution is 2.17. The van der Waals surface area contributed by atoms with E-state index < -0.39 is 12.1 Å². The number of rotatable bonds is 62. The zero-order chi connectivity index (χ0) is 54.3. The fourth-order valence-corrected chi connectivity index (χ4v) is 10.2. The number of ether oxygens (including phenoxy) is 1. The molecule has 75 heavy (non-hydrogen) atoms. The summed E-state index contributed by atoms with van der Waals surface area (Å²) < 4.78 is 5.48. The van der Waals surface area contributed by atoms with E-state index in [9.17, 15) is 19.8 Å². The number of hydrogen-bond donors (Lipinski definition) is 3. The standard InChI is InChI=1S/C69H129NO5/c1-3-5-7-9-11-13-15-17-19-21-22-24-27-30-33-37-41-45-49-53-57-61-67(72)66(65-71)70-68(73)62-58-54-50-46-42-38-34-31-28-25-23-26-29-32-36-40-44-48-52-56-60-64-75-69(74)63-59-55-51-47-43-39-35-20-18-16-14-12-10-8-6-4-2/h14,16,20,25,28,35,57,61,66-67,71-72H,3-13,15,17-19,21-24,26-27,29-34,36-56,58-60,62-65H2,1-2H3,(H,70,73)/b16-14-,28-25-,35-20-,61-57+. The molecule has 0 aliphatic heterocycles. The molecule has 0 aromatic rings. The molecule has 0 radical (unpaired) electrons. The minimum atomic E-state index is -0.852. The molecule has 0 saturated heterocycles. The minimum Gasteiger partial charge on any atom is -0.466 e. The molecule has 0 heterocycles. The molecule has 0 aromatic carbocycles. The normalized spacial score (nSPS) is 12.9. The maximum atomic E-state index is 12.5. The second-order valence-corrected chi connectivity index (χ2v) is 22.8. The number of allylic oxidation sites excluding steroid dienone is 7. The zero-order valence-electron chi connectivity index (χ0n) is 50.3. The van der Waals surface area contributed by atoms with Gasteiger partial charge in [-0.25, -0.2) is 0 Å². The summed E-state index contributed by atoms with van der Waals surface area (Å²) in [6.45, 7) is 4.89. The lowest BCUT2D eigenvalue weighted by Gasteiger charge is -2.20. The molecule has 1 amide bonds. The van der Waals surface area contributed by atoms with Gasteiger partial charge in [0.25, 0.3) is 0 Å². The van der Waals surface area contributed by atoms with Crippen LogP contribution in [-0.2, 0) is 14.3 Å². The van der Waals surface area contributed by atoms with Gasteiger partial charge in [0.15, 0.2) is 0 Å². The summed E-state index contributed by atoms with van der Waals surface area (Å²) in [5.41, 5.74) is 0. The first-order chi connectivity index (χ1) is 37.0. The molecule has 6 heteroatoms. The number of amides is 1. The molecule has 0 fully saturated rings. The van der Waals surface area contributed by atoms with E-state index in [0.29, 0.717) is 19.4 Å². The number of nitrogens with one attached hydrogen (secondary N) is 1. The van der Waals surface area contributed by atoms with Gasteiger partial charge in [0, 0.05) is 12.8 Å². The third-order valence-electron chi connectivity index (χ3n) is 15.3. The second-order valence-electron chi connectivity index (χ2n) is 22.8. The Balaban J connectivity index is 3.46. The van der Waals surface area contributed by atoms with Gasteiger partial charge in [0.2, 0.25) is 5.91 Å². The second kappa shape index (κ2) is 64.3. The molecule has 0 spiro atoms. The van der Waals surface area contributed by atoms with Crippen LogP contribution in [0.3, 0.4) is 0 Å². The fraction of sp³-hybridized carbons (Fsp3) is 0.855. The van der Waals surface area contributed by atoms with Gasteiger partial charge in [-0.05, 0) is 89.9 Å². The van der Waals surface area contributed by atoms with Gasteiger partial charge in [0.1, 0.15) is 0 Å². The highest BCUT2D eigenvalue weighted by atomic mass is 16.5. The fourth-order valence-electron chi connectivity index (χ4n) is 10.2. The van der Waals surface area contributed by atoms with Gasteiger partial charge in [-0.15, -0.1) is 0 Å². The molecule has 0 saturated carbocycles. The van der Waals surface area contributed by atoms with Gasteiger partial charge >= 0.3 is 5.97 Å². The van der Waals surface area contributed by atoms with Crippen LogP contribution in [0, 0.1) is 0 Å². The van der Waals surface area contributed by atoms with Gasteiger partial charge in [-0.3, -0.25) is 9.59 Å². The summed E-state index contributed by atoms with van der Waals surface area (Å²) in [5.74, 6) is -0.0793. The molecule has 2 atom stereocenters. The Morgan fingerprint density at radius 1 is 0.373 bits per heavy atom. The Morgan fingerprint density at radius 2 is 0.667 bits per heavy atom. The van der Waals surface area contributed by atoms with Crippen LogP contribution in [-0.4, -0.2) is 47.4 Å². The summed E-state index contributed by atoms with van der Waals surface area (Å²) in [6, 6.07) is -0.636. The lowest BCUT2D eigenvalue weighted by atomic mass is 10.0. The van der Waals surface area contributed by atoms with Crippen molar-refractivity contribution in [2.45, 2.75) is 366 Å². The Bertz CT molecular complexity index is 1260. The van der Waals surface area contributed by atoms with Gasteiger partial charge in [0.05, 0.1) is 25.4 Å². The molecule has 2 unspecified atom stereocenters. The number of aliphatic hydroxyl groups is 2. The minimum absolute atomic E-state index is 0.00579. The van der Waals surface area contributed by atoms with Crippen LogP contribution in [0.5, 0.6) is 0 Å². The van der Waals surface area contributed by atoms with E-state index >= 15 is 0 Å². The van der Waals surface area contributed by atoms with Crippen molar-refractivity contribution in [3.63, 3.8) is 0 Å². The molecule has 0 bridgehead atoms. The molecule has 0 aromatic heterocycles. The maximum absolute atomic E-state index is 12.5. The van der Waals surface area contributed by atoms with Crippen molar-refractivity contribution in [1.29, 1.82) is 0 Å². The van der Waals surface area contributed by atoms with E-state index in [-0.39, 0.29) is 18.5 Å². The molecular weight excluding hydrogens is 923 g/mol. The summed E-state index contributed by atoms with van der Waals surface area (Å²) in [7, 11) is 0. The Labute approximate surface area is 467 Å². The van der Waals surface area contributed by atoms with Crippen molar-refractivity contribution >= 4 is 11.9 Å². The summed E-state index contributed by atoms with van der Waals surface area (Å²) in [6.07, 6.45) is 83.0. The predicted molar refractivity (Wildman–Crippen MR) is 329 cm³/mol. The predicted octanol–water partition coefficient (Wildman–Crippen LogP) is 21.3. The van der Waals surface area contributed by atoms with Crippen molar-refractivity contribution in [1.82, 2.24) is 5.32 Å².